The largest absolute Gasteiger partial charge is 0.495 e. The highest BCUT2D eigenvalue weighted by atomic mass is 35.5. The molecule has 1 aliphatic rings. The number of ether oxygens (including phenoxy) is 1. The Bertz CT molecular complexity index is 620. The fourth-order valence-electron chi connectivity index (χ4n) is 2.84. The quantitative estimate of drug-likeness (QED) is 0.623. The fourth-order valence-corrected chi connectivity index (χ4v) is 3.00. The molecule has 1 aromatic carbocycles. The second-order valence-corrected chi connectivity index (χ2v) is 6.75. The van der Waals surface area contributed by atoms with Crippen LogP contribution >= 0.6 is 24.0 Å². The van der Waals surface area contributed by atoms with E-state index in [1.165, 1.54) is 7.11 Å². The number of aryl methyl sites for hydroxylation is 1. The minimum Gasteiger partial charge on any atom is -0.495 e. The fraction of sp³-hybridized carbons (Fsp3) is 0.556. The van der Waals surface area contributed by atoms with Crippen molar-refractivity contribution in [2.24, 2.45) is 5.92 Å². The number of halogens is 2. The van der Waals surface area contributed by atoms with Crippen LogP contribution in [0.3, 0.4) is 0 Å². The first-order valence-corrected chi connectivity index (χ1v) is 8.98. The molecule has 1 aliphatic heterocycles. The van der Waals surface area contributed by atoms with Gasteiger partial charge < -0.3 is 20.7 Å². The second kappa shape index (κ2) is 11.3. The third kappa shape index (κ3) is 7.02. The van der Waals surface area contributed by atoms with Crippen LogP contribution in [0.2, 0.25) is 5.02 Å². The summed E-state index contributed by atoms with van der Waals surface area (Å²) in [5.41, 5.74) is 1.43. The summed E-state index contributed by atoms with van der Waals surface area (Å²) in [6.45, 7) is 4.22. The average Bonchev–Trinajstić information content (AvgIpc) is 3.09. The standard InChI is InChI=1S/C18H26ClN3O3.ClH/c1-12-9-15(16(25-2)10-14(12)19)22-18(24)6-8-21-17(23)4-3-13-5-7-20-11-13;/h9-10,13,20H,3-8,11H2,1-2H3,(H,21,23)(H,22,24);1H. The molecule has 146 valence electrons. The molecule has 2 amide bonds. The van der Waals surface area contributed by atoms with Gasteiger partial charge in [0.05, 0.1) is 12.8 Å². The first-order chi connectivity index (χ1) is 12.0. The molecule has 1 atom stereocenters. The van der Waals surface area contributed by atoms with Gasteiger partial charge in [-0.2, -0.15) is 0 Å². The molecule has 8 heteroatoms. The van der Waals surface area contributed by atoms with Gasteiger partial charge in [0.1, 0.15) is 5.75 Å². The number of carbonyl (C=O) groups excluding carboxylic acids is 2. The Morgan fingerprint density at radius 1 is 1.31 bits per heavy atom. The average molecular weight is 404 g/mol. The van der Waals surface area contributed by atoms with E-state index in [0.29, 0.717) is 35.3 Å². The van der Waals surface area contributed by atoms with Gasteiger partial charge >= 0.3 is 0 Å². The van der Waals surface area contributed by atoms with E-state index in [4.69, 9.17) is 16.3 Å². The predicted molar refractivity (Wildman–Crippen MR) is 106 cm³/mol. The van der Waals surface area contributed by atoms with Gasteiger partial charge in [0, 0.05) is 30.5 Å². The molecule has 1 heterocycles. The number of hydrogen-bond acceptors (Lipinski definition) is 4. The molecule has 0 radical (unpaired) electrons. The number of methoxy groups -OCH3 is 1. The molecule has 26 heavy (non-hydrogen) atoms. The SMILES string of the molecule is COc1cc(Cl)c(C)cc1NC(=O)CCNC(=O)CCC1CCNC1.Cl. The molecule has 0 aliphatic carbocycles. The summed E-state index contributed by atoms with van der Waals surface area (Å²) in [6, 6.07) is 3.44. The molecule has 0 spiro atoms. The molecule has 6 nitrogen and oxygen atoms in total. The highest BCUT2D eigenvalue weighted by molar-refractivity contribution is 6.31. The van der Waals surface area contributed by atoms with E-state index in [1.54, 1.807) is 12.1 Å². The lowest BCUT2D eigenvalue weighted by atomic mass is 10.0. The molecule has 0 aromatic heterocycles. The minimum absolute atomic E-state index is 0. The zero-order chi connectivity index (χ0) is 18.2. The van der Waals surface area contributed by atoms with Crippen LogP contribution in [0.1, 0.15) is 31.2 Å². The third-order valence-corrected chi connectivity index (χ3v) is 4.78. The summed E-state index contributed by atoms with van der Waals surface area (Å²) in [5, 5.41) is 9.47. The van der Waals surface area contributed by atoms with Crippen LogP contribution in [0, 0.1) is 12.8 Å². The minimum atomic E-state index is -0.180. The van der Waals surface area contributed by atoms with Crippen LogP contribution < -0.4 is 20.7 Å². The normalized spacial score (nSPS) is 15.9. The van der Waals surface area contributed by atoms with E-state index < -0.39 is 0 Å². The number of amides is 2. The Hall–Kier alpha value is -1.50. The lowest BCUT2D eigenvalue weighted by Crippen LogP contribution is -2.28. The van der Waals surface area contributed by atoms with Gasteiger partial charge in [-0.15, -0.1) is 12.4 Å². The Kier molecular flexibility index (Phi) is 9.76. The Balaban J connectivity index is 0.00000338. The first-order valence-electron chi connectivity index (χ1n) is 8.61. The number of nitrogens with one attached hydrogen (secondary N) is 3. The van der Waals surface area contributed by atoms with E-state index in [9.17, 15) is 9.59 Å². The second-order valence-electron chi connectivity index (χ2n) is 6.35. The number of rotatable bonds is 8. The van der Waals surface area contributed by atoms with Crippen molar-refractivity contribution in [1.82, 2.24) is 10.6 Å². The van der Waals surface area contributed by atoms with Gasteiger partial charge in [-0.3, -0.25) is 9.59 Å². The number of hydrogen-bond donors (Lipinski definition) is 3. The summed E-state index contributed by atoms with van der Waals surface area (Å²) < 4.78 is 5.23. The van der Waals surface area contributed by atoms with Crippen molar-refractivity contribution in [2.75, 3.05) is 32.1 Å². The van der Waals surface area contributed by atoms with Crippen LogP contribution in [0.15, 0.2) is 12.1 Å². The topological polar surface area (TPSA) is 79.5 Å². The number of anilines is 1. The summed E-state index contributed by atoms with van der Waals surface area (Å²) in [5.74, 6) is 0.924. The first kappa shape index (κ1) is 22.5. The van der Waals surface area contributed by atoms with Gasteiger partial charge in [0.15, 0.2) is 0 Å². The van der Waals surface area contributed by atoms with Crippen molar-refractivity contribution in [1.29, 1.82) is 0 Å². The molecular formula is C18H27Cl2N3O3. The van der Waals surface area contributed by atoms with E-state index >= 15 is 0 Å². The van der Waals surface area contributed by atoms with Crippen molar-refractivity contribution in [3.63, 3.8) is 0 Å². The van der Waals surface area contributed by atoms with Crippen molar-refractivity contribution in [2.45, 2.75) is 32.6 Å². The monoisotopic (exact) mass is 403 g/mol. The zero-order valence-electron chi connectivity index (χ0n) is 15.2. The van der Waals surface area contributed by atoms with Gasteiger partial charge in [-0.1, -0.05) is 11.6 Å². The van der Waals surface area contributed by atoms with Gasteiger partial charge in [0.25, 0.3) is 0 Å². The van der Waals surface area contributed by atoms with Crippen LogP contribution in [0.5, 0.6) is 5.75 Å². The summed E-state index contributed by atoms with van der Waals surface area (Å²) in [6.07, 6.45) is 2.75. The zero-order valence-corrected chi connectivity index (χ0v) is 16.8. The molecule has 3 N–H and O–H groups in total. The number of benzene rings is 1. The Labute approximate surface area is 165 Å². The maximum atomic E-state index is 12.1. The summed E-state index contributed by atoms with van der Waals surface area (Å²) >= 11 is 6.05. The molecule has 1 fully saturated rings. The lowest BCUT2D eigenvalue weighted by Gasteiger charge is -2.12. The maximum Gasteiger partial charge on any atom is 0.226 e. The summed E-state index contributed by atoms with van der Waals surface area (Å²) in [7, 11) is 1.52. The molecule has 1 aromatic rings. The molecule has 0 bridgehead atoms. The summed E-state index contributed by atoms with van der Waals surface area (Å²) in [4.78, 5) is 23.9. The Morgan fingerprint density at radius 3 is 2.73 bits per heavy atom. The molecule has 2 rings (SSSR count). The highest BCUT2D eigenvalue weighted by Gasteiger charge is 2.16. The molecule has 1 unspecified atom stereocenters. The number of carbonyl (C=O) groups is 2. The van der Waals surface area contributed by atoms with Gasteiger partial charge in [0.2, 0.25) is 11.8 Å². The van der Waals surface area contributed by atoms with Crippen molar-refractivity contribution >= 4 is 41.5 Å². The smallest absolute Gasteiger partial charge is 0.226 e. The van der Waals surface area contributed by atoms with Crippen LogP contribution in [-0.4, -0.2) is 38.6 Å². The van der Waals surface area contributed by atoms with Crippen LogP contribution in [0.25, 0.3) is 0 Å². The van der Waals surface area contributed by atoms with Crippen molar-refractivity contribution in [3.8, 4) is 5.75 Å². The molecular weight excluding hydrogens is 377 g/mol. The van der Waals surface area contributed by atoms with E-state index in [-0.39, 0.29) is 30.6 Å². The van der Waals surface area contributed by atoms with Crippen LogP contribution in [0.4, 0.5) is 5.69 Å². The van der Waals surface area contributed by atoms with Gasteiger partial charge in [-0.25, -0.2) is 0 Å². The third-order valence-electron chi connectivity index (χ3n) is 4.37. The van der Waals surface area contributed by atoms with Crippen molar-refractivity contribution < 1.29 is 14.3 Å². The van der Waals surface area contributed by atoms with Crippen molar-refractivity contribution in [3.05, 3.63) is 22.7 Å². The lowest BCUT2D eigenvalue weighted by molar-refractivity contribution is -0.121. The molecule has 0 saturated carbocycles. The predicted octanol–water partition coefficient (Wildman–Crippen LogP) is 2.91. The van der Waals surface area contributed by atoms with E-state index in [1.807, 2.05) is 6.92 Å². The van der Waals surface area contributed by atoms with Gasteiger partial charge in [-0.05, 0) is 50.4 Å². The van der Waals surface area contributed by atoms with E-state index in [0.717, 1.165) is 31.5 Å². The van der Waals surface area contributed by atoms with Crippen LogP contribution in [-0.2, 0) is 9.59 Å². The highest BCUT2D eigenvalue weighted by Crippen LogP contribution is 2.30. The molecule has 1 saturated heterocycles. The van der Waals surface area contributed by atoms with E-state index in [2.05, 4.69) is 16.0 Å². The Morgan fingerprint density at radius 2 is 2.08 bits per heavy atom. The maximum absolute atomic E-state index is 12.1.